The number of aromatic carboxylic acids is 2. The zero-order valence-corrected chi connectivity index (χ0v) is 17.7. The topological polar surface area (TPSA) is 83.8 Å². The summed E-state index contributed by atoms with van der Waals surface area (Å²) in [6.07, 6.45) is -17.2. The number of benzene rings is 3. The molecule has 37 heavy (non-hydrogen) atoms. The molecule has 0 atom stereocenters. The summed E-state index contributed by atoms with van der Waals surface area (Å²) in [5.74, 6) is -7.90. The molecule has 0 fully saturated rings. The van der Waals surface area contributed by atoms with E-state index >= 15 is 0 Å². The van der Waals surface area contributed by atoms with Gasteiger partial charge in [-0.05, 0) is 29.3 Å². The summed E-state index contributed by atoms with van der Waals surface area (Å²) in [5, 5.41) is 18.3. The number of carboxylic acids is 2. The number of hydrogen-bond donors (Lipinski definition) is 2. The highest BCUT2D eigenvalue weighted by Crippen LogP contribution is 2.51. The smallest absolute Gasteiger partial charge is 0.420 e. The average Bonchev–Trinajstić information content (AvgIpc) is 2.76. The van der Waals surface area contributed by atoms with E-state index in [0.29, 0.717) is 18.2 Å². The second kappa shape index (κ2) is 9.33. The number of alkyl halides is 9. The lowest BCUT2D eigenvalue weighted by molar-refractivity contribution is -0.162. The Hall–Kier alpha value is -4.23. The van der Waals surface area contributed by atoms with Crippen LogP contribution in [0.1, 0.15) is 37.4 Å². The first-order valence-electron chi connectivity index (χ1n) is 9.70. The molecule has 0 saturated heterocycles. The van der Waals surface area contributed by atoms with Crippen molar-refractivity contribution in [2.45, 2.75) is 18.5 Å². The summed E-state index contributed by atoms with van der Waals surface area (Å²) in [5.41, 5.74) is -11.5. The lowest BCUT2D eigenvalue weighted by atomic mass is 9.93. The maximum Gasteiger partial charge on any atom is 0.420 e. The summed E-state index contributed by atoms with van der Waals surface area (Å²) in [4.78, 5) is 22.7. The summed E-state index contributed by atoms with van der Waals surface area (Å²) in [7, 11) is 0. The molecule has 0 radical (unpaired) electrons. The molecule has 0 unspecified atom stereocenters. The van der Waals surface area contributed by atoms with Gasteiger partial charge in [-0.2, -0.15) is 39.5 Å². The van der Waals surface area contributed by atoms with Crippen molar-refractivity contribution in [3.8, 4) is 22.6 Å². The van der Waals surface area contributed by atoms with Crippen molar-refractivity contribution < 1.29 is 64.1 Å². The molecule has 0 amide bonds. The standard InChI is InChI=1S/C23H11F9O5/c24-21(25,26)16-11(10-4-2-1-3-5-10)6-8-14(18(16)23(30,31)32)37-13-9-7-12(19(33)34)15(20(35)36)17(13)22(27,28)29/h1-9H,(H,33,34)(H,35,36). The molecule has 0 aliphatic heterocycles. The van der Waals surface area contributed by atoms with Crippen LogP contribution in [0.2, 0.25) is 0 Å². The van der Waals surface area contributed by atoms with E-state index < -0.39 is 75.3 Å². The quantitative estimate of drug-likeness (QED) is 0.327. The van der Waals surface area contributed by atoms with E-state index in [1.165, 1.54) is 18.2 Å². The lowest BCUT2D eigenvalue weighted by Crippen LogP contribution is -2.21. The molecule has 0 aromatic heterocycles. The molecule has 0 spiro atoms. The lowest BCUT2D eigenvalue weighted by Gasteiger charge is -2.24. The van der Waals surface area contributed by atoms with E-state index in [-0.39, 0.29) is 11.6 Å². The van der Waals surface area contributed by atoms with Crippen molar-refractivity contribution in [2.75, 3.05) is 0 Å². The normalized spacial score (nSPS) is 12.4. The molecular weight excluding hydrogens is 527 g/mol. The third-order valence-electron chi connectivity index (χ3n) is 4.93. The van der Waals surface area contributed by atoms with E-state index in [0.717, 1.165) is 12.1 Å². The zero-order chi connectivity index (χ0) is 27.9. The van der Waals surface area contributed by atoms with Gasteiger partial charge in [-0.15, -0.1) is 0 Å². The van der Waals surface area contributed by atoms with Crippen LogP contribution in [0, 0.1) is 0 Å². The highest BCUT2D eigenvalue weighted by molar-refractivity contribution is 6.03. The van der Waals surface area contributed by atoms with Gasteiger partial charge in [0.15, 0.2) is 0 Å². The maximum absolute atomic E-state index is 14.0. The minimum absolute atomic E-state index is 0.206. The maximum atomic E-state index is 14.0. The van der Waals surface area contributed by atoms with Crippen molar-refractivity contribution in [1.29, 1.82) is 0 Å². The Kier molecular flexibility index (Phi) is 6.90. The fraction of sp³-hybridized carbons (Fsp3) is 0.130. The van der Waals surface area contributed by atoms with Crippen molar-refractivity contribution in [2.24, 2.45) is 0 Å². The van der Waals surface area contributed by atoms with Gasteiger partial charge in [-0.3, -0.25) is 0 Å². The fourth-order valence-electron chi connectivity index (χ4n) is 3.57. The molecule has 0 saturated carbocycles. The monoisotopic (exact) mass is 538 g/mol. The highest BCUT2D eigenvalue weighted by Gasteiger charge is 2.48. The van der Waals surface area contributed by atoms with Crippen LogP contribution in [-0.4, -0.2) is 22.2 Å². The number of hydrogen-bond acceptors (Lipinski definition) is 3. The van der Waals surface area contributed by atoms with Crippen LogP contribution in [-0.2, 0) is 18.5 Å². The minimum atomic E-state index is -5.81. The van der Waals surface area contributed by atoms with Crippen molar-refractivity contribution >= 4 is 11.9 Å². The van der Waals surface area contributed by atoms with Gasteiger partial charge in [0, 0.05) is 0 Å². The van der Waals surface area contributed by atoms with E-state index in [1.54, 1.807) is 0 Å². The summed E-state index contributed by atoms with van der Waals surface area (Å²) in [6.45, 7) is 0. The Labute approximate surface area is 200 Å². The predicted octanol–water partition coefficient (Wildman–Crippen LogP) is 7.60. The number of rotatable bonds is 5. The molecule has 0 aliphatic carbocycles. The van der Waals surface area contributed by atoms with Crippen LogP contribution in [0.15, 0.2) is 54.6 Å². The van der Waals surface area contributed by atoms with Crippen LogP contribution in [0.3, 0.4) is 0 Å². The first kappa shape index (κ1) is 27.4. The molecule has 2 N–H and O–H groups in total. The Morgan fingerprint density at radius 3 is 1.54 bits per heavy atom. The highest BCUT2D eigenvalue weighted by atomic mass is 19.4. The van der Waals surface area contributed by atoms with Crippen LogP contribution in [0.25, 0.3) is 11.1 Å². The van der Waals surface area contributed by atoms with Crippen molar-refractivity contribution in [3.05, 3.63) is 82.4 Å². The molecule has 5 nitrogen and oxygen atoms in total. The van der Waals surface area contributed by atoms with Crippen LogP contribution >= 0.6 is 0 Å². The largest absolute Gasteiger partial charge is 0.478 e. The van der Waals surface area contributed by atoms with Gasteiger partial charge in [0.05, 0.1) is 16.7 Å². The first-order chi connectivity index (χ1) is 16.9. The Balaban J connectivity index is 2.39. The van der Waals surface area contributed by atoms with Crippen LogP contribution in [0.5, 0.6) is 11.5 Å². The Bertz CT molecular complexity index is 1360. The number of carboxylic acid groups (broad SMARTS) is 2. The van der Waals surface area contributed by atoms with Crippen molar-refractivity contribution in [1.82, 2.24) is 0 Å². The third-order valence-corrected chi connectivity index (χ3v) is 4.93. The van der Waals surface area contributed by atoms with E-state index in [1.807, 2.05) is 0 Å². The first-order valence-corrected chi connectivity index (χ1v) is 9.70. The summed E-state index contributed by atoms with van der Waals surface area (Å²) in [6, 6.07) is 7.47. The van der Waals surface area contributed by atoms with Crippen LogP contribution in [0.4, 0.5) is 39.5 Å². The molecule has 0 aliphatic rings. The molecule has 3 aromatic carbocycles. The second-order valence-electron chi connectivity index (χ2n) is 7.29. The number of halogens is 9. The van der Waals surface area contributed by atoms with Crippen LogP contribution < -0.4 is 4.74 Å². The van der Waals surface area contributed by atoms with Gasteiger partial charge in [-0.1, -0.05) is 36.4 Å². The van der Waals surface area contributed by atoms with E-state index in [9.17, 15) is 54.2 Å². The predicted molar refractivity (Wildman–Crippen MR) is 107 cm³/mol. The van der Waals surface area contributed by atoms with E-state index in [2.05, 4.69) is 4.74 Å². The zero-order valence-electron chi connectivity index (χ0n) is 17.7. The number of carbonyl (C=O) groups is 2. The molecular formula is C23H11F9O5. The number of ether oxygens (including phenoxy) is 1. The molecule has 0 heterocycles. The molecule has 14 heteroatoms. The Morgan fingerprint density at radius 2 is 1.08 bits per heavy atom. The van der Waals surface area contributed by atoms with Gasteiger partial charge in [0.2, 0.25) is 0 Å². The summed E-state index contributed by atoms with van der Waals surface area (Å²) < 4.78 is 130. The third kappa shape index (κ3) is 5.47. The van der Waals surface area contributed by atoms with Gasteiger partial charge >= 0.3 is 30.5 Å². The van der Waals surface area contributed by atoms with Gasteiger partial charge in [0.1, 0.15) is 22.6 Å². The van der Waals surface area contributed by atoms with E-state index in [4.69, 9.17) is 5.11 Å². The fourth-order valence-corrected chi connectivity index (χ4v) is 3.57. The Morgan fingerprint density at radius 1 is 0.595 bits per heavy atom. The van der Waals surface area contributed by atoms with Gasteiger partial charge in [-0.25, -0.2) is 9.59 Å². The SMILES string of the molecule is O=C(O)c1ccc(Oc2ccc(-c3ccccc3)c(C(F)(F)F)c2C(F)(F)F)c(C(F)(F)F)c1C(=O)O. The van der Waals surface area contributed by atoms with Gasteiger partial charge in [0.25, 0.3) is 0 Å². The summed E-state index contributed by atoms with van der Waals surface area (Å²) >= 11 is 0. The molecule has 0 bridgehead atoms. The van der Waals surface area contributed by atoms with Gasteiger partial charge < -0.3 is 14.9 Å². The second-order valence-corrected chi connectivity index (χ2v) is 7.29. The molecule has 3 rings (SSSR count). The van der Waals surface area contributed by atoms with Crippen molar-refractivity contribution in [3.63, 3.8) is 0 Å². The molecule has 196 valence electrons. The average molecular weight is 538 g/mol. The minimum Gasteiger partial charge on any atom is -0.478 e. The molecule has 3 aromatic rings.